The zero-order valence-electron chi connectivity index (χ0n) is 9.83. The number of hydrogen-bond donors (Lipinski definition) is 1. The molecule has 1 aliphatic heterocycles. The molecule has 1 aliphatic rings. The first kappa shape index (κ1) is 11.5. The van der Waals surface area contributed by atoms with Gasteiger partial charge in [-0.15, -0.1) is 0 Å². The van der Waals surface area contributed by atoms with Gasteiger partial charge in [0.1, 0.15) is 11.9 Å². The number of rotatable bonds is 3. The molecule has 0 saturated carbocycles. The van der Waals surface area contributed by atoms with Crippen molar-refractivity contribution in [2.24, 2.45) is 0 Å². The number of benzene rings is 1. The van der Waals surface area contributed by atoms with Crippen molar-refractivity contribution in [2.45, 2.75) is 12.5 Å². The molecule has 2 heterocycles. The summed E-state index contributed by atoms with van der Waals surface area (Å²) in [6.45, 7) is 0. The van der Waals surface area contributed by atoms with E-state index in [9.17, 15) is 0 Å². The first-order chi connectivity index (χ1) is 8.81. The van der Waals surface area contributed by atoms with E-state index < -0.39 is 0 Å². The zero-order valence-corrected chi connectivity index (χ0v) is 10.7. The first-order valence-electron chi connectivity index (χ1n) is 5.88. The number of nitrogens with zero attached hydrogens (tertiary/aromatic N) is 1. The Labute approximate surface area is 109 Å². The van der Waals surface area contributed by atoms with Crippen LogP contribution in [0.2, 0.25) is 0 Å². The summed E-state index contributed by atoms with van der Waals surface area (Å²) in [5.41, 5.74) is 6.48. The molecule has 1 atom stereocenters. The van der Waals surface area contributed by atoms with Crippen LogP contribution in [0.5, 0.6) is 5.75 Å². The highest BCUT2D eigenvalue weighted by molar-refractivity contribution is 7.99. The highest BCUT2D eigenvalue weighted by atomic mass is 32.2. The second kappa shape index (κ2) is 4.94. The molecule has 2 aromatic rings. The summed E-state index contributed by atoms with van der Waals surface area (Å²) in [5, 5.41) is 3.68. The molecule has 1 aromatic carbocycles. The highest BCUT2D eigenvalue weighted by Gasteiger charge is 2.17. The Bertz CT molecular complexity index is 535. The van der Waals surface area contributed by atoms with Gasteiger partial charge in [-0.05, 0) is 24.3 Å². The lowest BCUT2D eigenvalue weighted by atomic mass is 10.1. The molecule has 3 rings (SSSR count). The lowest BCUT2D eigenvalue weighted by Crippen LogP contribution is -2.14. The minimum absolute atomic E-state index is 0.324. The molecule has 1 saturated heterocycles. The molecule has 0 aliphatic carbocycles. The fourth-order valence-corrected chi connectivity index (χ4v) is 3.04. The standard InChI is InChI=1S/C13H14N2O2S/c14-13-7-12(17-15-13)9-2-1-3-10(6-9)16-11-4-5-18-8-11/h1-3,6-7,11H,4-5,8H2,(H2,14,15). The van der Waals surface area contributed by atoms with E-state index in [1.54, 1.807) is 6.07 Å². The van der Waals surface area contributed by atoms with E-state index in [0.717, 1.165) is 23.5 Å². The van der Waals surface area contributed by atoms with Crippen molar-refractivity contribution in [3.63, 3.8) is 0 Å². The van der Waals surface area contributed by atoms with Gasteiger partial charge in [-0.2, -0.15) is 11.8 Å². The van der Waals surface area contributed by atoms with Gasteiger partial charge in [0, 0.05) is 17.4 Å². The molecule has 0 spiro atoms. The number of aromatic nitrogens is 1. The van der Waals surface area contributed by atoms with Crippen LogP contribution in [0.3, 0.4) is 0 Å². The first-order valence-corrected chi connectivity index (χ1v) is 7.04. The van der Waals surface area contributed by atoms with Gasteiger partial charge in [-0.25, -0.2) is 0 Å². The largest absolute Gasteiger partial charge is 0.490 e. The molecular formula is C13H14N2O2S. The molecule has 94 valence electrons. The van der Waals surface area contributed by atoms with Crippen molar-refractivity contribution in [2.75, 3.05) is 17.2 Å². The molecular weight excluding hydrogens is 248 g/mol. The van der Waals surface area contributed by atoms with E-state index in [0.29, 0.717) is 17.7 Å². The van der Waals surface area contributed by atoms with Crippen molar-refractivity contribution in [1.82, 2.24) is 5.16 Å². The number of thioether (sulfide) groups is 1. The van der Waals surface area contributed by atoms with Crippen LogP contribution in [0, 0.1) is 0 Å². The topological polar surface area (TPSA) is 61.3 Å². The van der Waals surface area contributed by atoms with Gasteiger partial charge in [-0.1, -0.05) is 17.3 Å². The Morgan fingerprint density at radius 1 is 1.39 bits per heavy atom. The van der Waals surface area contributed by atoms with Gasteiger partial charge in [-0.3, -0.25) is 0 Å². The van der Waals surface area contributed by atoms with Crippen LogP contribution < -0.4 is 10.5 Å². The monoisotopic (exact) mass is 262 g/mol. The van der Waals surface area contributed by atoms with Crippen molar-refractivity contribution >= 4 is 17.6 Å². The van der Waals surface area contributed by atoms with Crippen LogP contribution in [-0.2, 0) is 0 Å². The van der Waals surface area contributed by atoms with Crippen molar-refractivity contribution in [1.29, 1.82) is 0 Å². The van der Waals surface area contributed by atoms with Crippen molar-refractivity contribution in [3.8, 4) is 17.1 Å². The number of anilines is 1. The minimum atomic E-state index is 0.324. The van der Waals surface area contributed by atoms with E-state index in [1.165, 1.54) is 5.75 Å². The van der Waals surface area contributed by atoms with Crippen LogP contribution >= 0.6 is 11.8 Å². The summed E-state index contributed by atoms with van der Waals surface area (Å²) in [7, 11) is 0. The minimum Gasteiger partial charge on any atom is -0.490 e. The number of nitrogens with two attached hydrogens (primary N) is 1. The van der Waals surface area contributed by atoms with Crippen molar-refractivity contribution in [3.05, 3.63) is 30.3 Å². The summed E-state index contributed by atoms with van der Waals surface area (Å²) >= 11 is 1.94. The molecule has 1 unspecified atom stereocenters. The lowest BCUT2D eigenvalue weighted by Gasteiger charge is -2.12. The highest BCUT2D eigenvalue weighted by Crippen LogP contribution is 2.28. The smallest absolute Gasteiger partial charge is 0.169 e. The molecule has 1 aromatic heterocycles. The molecule has 5 heteroatoms. The van der Waals surface area contributed by atoms with Crippen LogP contribution in [0.1, 0.15) is 6.42 Å². The van der Waals surface area contributed by atoms with E-state index in [1.807, 2.05) is 36.0 Å². The SMILES string of the molecule is Nc1cc(-c2cccc(OC3CCSC3)c2)on1. The van der Waals surface area contributed by atoms with E-state index in [4.69, 9.17) is 15.0 Å². The quantitative estimate of drug-likeness (QED) is 0.921. The summed E-state index contributed by atoms with van der Waals surface area (Å²) in [5.74, 6) is 4.18. The predicted octanol–water partition coefficient (Wildman–Crippen LogP) is 2.81. The normalized spacial score (nSPS) is 19.0. The Morgan fingerprint density at radius 2 is 2.33 bits per heavy atom. The maximum atomic E-state index is 5.93. The van der Waals surface area contributed by atoms with Gasteiger partial charge in [0.05, 0.1) is 0 Å². The molecule has 0 amide bonds. The van der Waals surface area contributed by atoms with Gasteiger partial charge < -0.3 is 15.0 Å². The molecule has 18 heavy (non-hydrogen) atoms. The average molecular weight is 262 g/mol. The van der Waals surface area contributed by atoms with Gasteiger partial charge in [0.25, 0.3) is 0 Å². The van der Waals surface area contributed by atoms with Gasteiger partial charge in [0.2, 0.25) is 0 Å². The maximum Gasteiger partial charge on any atom is 0.169 e. The predicted molar refractivity (Wildman–Crippen MR) is 72.7 cm³/mol. The number of ether oxygens (including phenoxy) is 1. The lowest BCUT2D eigenvalue weighted by molar-refractivity contribution is 0.229. The summed E-state index contributed by atoms with van der Waals surface area (Å²) in [6, 6.07) is 9.54. The molecule has 0 radical (unpaired) electrons. The van der Waals surface area contributed by atoms with Crippen molar-refractivity contribution < 1.29 is 9.26 Å². The Kier molecular flexibility index (Phi) is 3.15. The van der Waals surface area contributed by atoms with Crippen LogP contribution in [0.4, 0.5) is 5.82 Å². The fourth-order valence-electron chi connectivity index (χ4n) is 1.95. The van der Waals surface area contributed by atoms with Gasteiger partial charge in [0.15, 0.2) is 11.6 Å². The molecule has 1 fully saturated rings. The van der Waals surface area contributed by atoms with Crippen LogP contribution in [-0.4, -0.2) is 22.8 Å². The summed E-state index contributed by atoms with van der Waals surface area (Å²) in [6.07, 6.45) is 1.44. The summed E-state index contributed by atoms with van der Waals surface area (Å²) in [4.78, 5) is 0. The Balaban J connectivity index is 1.80. The molecule has 2 N–H and O–H groups in total. The zero-order chi connectivity index (χ0) is 12.4. The van der Waals surface area contributed by atoms with E-state index in [-0.39, 0.29) is 0 Å². The third-order valence-electron chi connectivity index (χ3n) is 2.84. The third kappa shape index (κ3) is 2.46. The fraction of sp³-hybridized carbons (Fsp3) is 0.308. The second-order valence-electron chi connectivity index (χ2n) is 4.25. The molecule has 4 nitrogen and oxygen atoms in total. The van der Waals surface area contributed by atoms with Crippen LogP contribution in [0.15, 0.2) is 34.9 Å². The Hall–Kier alpha value is -1.62. The van der Waals surface area contributed by atoms with E-state index in [2.05, 4.69) is 5.16 Å². The number of hydrogen-bond acceptors (Lipinski definition) is 5. The number of nitrogen functional groups attached to an aromatic ring is 1. The average Bonchev–Trinajstić information content (AvgIpc) is 3.01. The summed E-state index contributed by atoms with van der Waals surface area (Å²) < 4.78 is 11.1. The second-order valence-corrected chi connectivity index (χ2v) is 5.40. The van der Waals surface area contributed by atoms with E-state index >= 15 is 0 Å². The van der Waals surface area contributed by atoms with Crippen LogP contribution in [0.25, 0.3) is 11.3 Å². The Morgan fingerprint density at radius 3 is 3.06 bits per heavy atom. The third-order valence-corrected chi connectivity index (χ3v) is 3.97. The van der Waals surface area contributed by atoms with Gasteiger partial charge >= 0.3 is 0 Å². The maximum absolute atomic E-state index is 5.93. The molecule has 0 bridgehead atoms.